The van der Waals surface area contributed by atoms with Gasteiger partial charge in [-0.25, -0.2) is 18.6 Å². The fourth-order valence-corrected chi connectivity index (χ4v) is 2.45. The van der Waals surface area contributed by atoms with Gasteiger partial charge in [-0.1, -0.05) is 12.1 Å². The average molecular weight is 284 g/mol. The maximum Gasteiger partial charge on any atom is 0.409 e. The number of alkyl halides is 2. The Morgan fingerprint density at radius 1 is 1.42 bits per heavy atom. The summed E-state index contributed by atoms with van der Waals surface area (Å²) in [4.78, 5) is 14.8. The van der Waals surface area contributed by atoms with Gasteiger partial charge in [-0.2, -0.15) is 0 Å². The first kappa shape index (κ1) is 13.4. The van der Waals surface area contributed by atoms with E-state index in [9.17, 15) is 13.6 Å². The van der Waals surface area contributed by atoms with E-state index in [1.807, 2.05) is 0 Å². The molecule has 2 aromatic rings. The van der Waals surface area contributed by atoms with Crippen molar-refractivity contribution in [1.82, 2.24) is 4.98 Å². The van der Waals surface area contributed by atoms with Crippen LogP contribution in [-0.2, 0) is 6.42 Å². The van der Waals surface area contributed by atoms with E-state index in [-0.39, 0.29) is 0 Å². The number of nitrogens with zero attached hydrogens (tertiary/aromatic N) is 1. The van der Waals surface area contributed by atoms with Crippen molar-refractivity contribution in [3.63, 3.8) is 0 Å². The van der Waals surface area contributed by atoms with E-state index < -0.39 is 18.9 Å². The smallest absolute Gasteiger partial charge is 0.409 e. The Kier molecular flexibility index (Phi) is 4.06. The van der Waals surface area contributed by atoms with Crippen LogP contribution in [0, 0.1) is 0 Å². The molecule has 19 heavy (non-hydrogen) atoms. The van der Waals surface area contributed by atoms with Crippen molar-refractivity contribution in [2.24, 2.45) is 0 Å². The molecular weight excluding hydrogens is 274 g/mol. The van der Waals surface area contributed by atoms with E-state index in [4.69, 9.17) is 5.11 Å². The average Bonchev–Trinajstić information content (AvgIpc) is 2.76. The Bertz CT molecular complexity index is 587. The topological polar surface area (TPSA) is 62.2 Å². The van der Waals surface area contributed by atoms with Crippen LogP contribution in [0.2, 0.25) is 0 Å². The number of anilines is 1. The summed E-state index contributed by atoms with van der Waals surface area (Å²) in [7, 11) is 0. The van der Waals surface area contributed by atoms with Crippen LogP contribution in [0.15, 0.2) is 29.6 Å². The van der Waals surface area contributed by atoms with Crippen molar-refractivity contribution in [1.29, 1.82) is 0 Å². The first-order chi connectivity index (χ1) is 9.06. The highest BCUT2D eigenvalue weighted by molar-refractivity contribution is 7.13. The fourth-order valence-electron chi connectivity index (χ4n) is 1.58. The zero-order chi connectivity index (χ0) is 13.8. The Hall–Kier alpha value is -2.02. The third-order valence-electron chi connectivity index (χ3n) is 2.31. The summed E-state index contributed by atoms with van der Waals surface area (Å²) in [6.07, 6.45) is -4.02. The minimum Gasteiger partial charge on any atom is -0.465 e. The van der Waals surface area contributed by atoms with Crippen LogP contribution in [0.1, 0.15) is 5.69 Å². The van der Waals surface area contributed by atoms with Crippen molar-refractivity contribution < 1.29 is 18.7 Å². The summed E-state index contributed by atoms with van der Waals surface area (Å²) in [5, 5.41) is 13.1. The van der Waals surface area contributed by atoms with E-state index in [2.05, 4.69) is 10.3 Å². The van der Waals surface area contributed by atoms with Crippen LogP contribution in [0.4, 0.5) is 19.3 Å². The molecule has 0 fully saturated rings. The number of aromatic nitrogens is 1. The van der Waals surface area contributed by atoms with Crippen LogP contribution in [0.25, 0.3) is 10.6 Å². The molecule has 2 rings (SSSR count). The highest BCUT2D eigenvalue weighted by Crippen LogP contribution is 2.30. The molecule has 0 aliphatic rings. The lowest BCUT2D eigenvalue weighted by Crippen LogP contribution is -2.08. The van der Waals surface area contributed by atoms with Crippen molar-refractivity contribution in [2.45, 2.75) is 12.8 Å². The first-order valence-electron chi connectivity index (χ1n) is 5.38. The Labute approximate surface area is 111 Å². The third kappa shape index (κ3) is 3.47. The van der Waals surface area contributed by atoms with Gasteiger partial charge >= 0.3 is 6.09 Å². The molecule has 0 saturated carbocycles. The standard InChI is InChI=1S/C12H10F2N2O2S/c13-10(14)5-7-6-19-11(15-7)8-3-1-2-4-9(8)16-12(17)18/h1-4,6,10,16H,5H2,(H,17,18). The number of hydrogen-bond donors (Lipinski definition) is 2. The summed E-state index contributed by atoms with van der Waals surface area (Å²) >= 11 is 1.21. The number of rotatable bonds is 4. The lowest BCUT2D eigenvalue weighted by Gasteiger charge is -2.05. The molecule has 0 unspecified atom stereocenters. The van der Waals surface area contributed by atoms with Gasteiger partial charge in [-0.3, -0.25) is 5.32 Å². The Balaban J connectivity index is 2.30. The fraction of sp³-hybridized carbons (Fsp3) is 0.167. The number of benzene rings is 1. The van der Waals surface area contributed by atoms with Gasteiger partial charge in [-0.05, 0) is 12.1 Å². The van der Waals surface area contributed by atoms with Crippen molar-refractivity contribution in [3.05, 3.63) is 35.3 Å². The van der Waals surface area contributed by atoms with Crippen molar-refractivity contribution in [3.8, 4) is 10.6 Å². The molecule has 7 heteroatoms. The molecule has 2 N–H and O–H groups in total. The summed E-state index contributed by atoms with van der Waals surface area (Å²) in [6, 6.07) is 6.70. The number of para-hydroxylation sites is 1. The van der Waals surface area contributed by atoms with E-state index in [1.165, 1.54) is 11.3 Å². The zero-order valence-corrected chi connectivity index (χ0v) is 10.5. The minimum absolute atomic E-state index is 0.306. The summed E-state index contributed by atoms with van der Waals surface area (Å²) in [5.41, 5.74) is 1.27. The first-order valence-corrected chi connectivity index (χ1v) is 6.26. The van der Waals surface area contributed by atoms with Crippen LogP contribution >= 0.6 is 11.3 Å². The monoisotopic (exact) mass is 284 g/mol. The lowest BCUT2D eigenvalue weighted by molar-refractivity contribution is 0.148. The van der Waals surface area contributed by atoms with Crippen LogP contribution in [0.3, 0.4) is 0 Å². The van der Waals surface area contributed by atoms with E-state index in [1.54, 1.807) is 29.6 Å². The molecular formula is C12H10F2N2O2S. The molecule has 1 aromatic carbocycles. The predicted molar refractivity (Wildman–Crippen MR) is 68.9 cm³/mol. The molecule has 100 valence electrons. The molecule has 0 saturated heterocycles. The van der Waals surface area contributed by atoms with Crippen molar-refractivity contribution in [2.75, 3.05) is 5.32 Å². The van der Waals surface area contributed by atoms with E-state index in [0.717, 1.165) is 0 Å². The van der Waals surface area contributed by atoms with Gasteiger partial charge in [0.1, 0.15) is 5.01 Å². The number of nitrogens with one attached hydrogen (secondary N) is 1. The van der Waals surface area contributed by atoms with Gasteiger partial charge in [0, 0.05) is 10.9 Å². The second-order valence-electron chi connectivity index (χ2n) is 3.71. The Morgan fingerprint density at radius 2 is 2.16 bits per heavy atom. The molecule has 1 aromatic heterocycles. The second-order valence-corrected chi connectivity index (χ2v) is 4.57. The molecule has 1 heterocycles. The van der Waals surface area contributed by atoms with E-state index in [0.29, 0.717) is 22.0 Å². The molecule has 1 amide bonds. The van der Waals surface area contributed by atoms with E-state index >= 15 is 0 Å². The SMILES string of the molecule is O=C(O)Nc1ccccc1-c1nc(CC(F)F)cs1. The minimum atomic E-state index is -2.44. The number of halogens is 2. The second kappa shape index (κ2) is 5.75. The number of carboxylic acid groups (broad SMARTS) is 1. The molecule has 0 spiro atoms. The van der Waals surface area contributed by atoms with Gasteiger partial charge < -0.3 is 5.11 Å². The summed E-state index contributed by atoms with van der Waals surface area (Å²) in [6.45, 7) is 0. The van der Waals surface area contributed by atoms with Gasteiger partial charge in [0.05, 0.1) is 17.8 Å². The van der Waals surface area contributed by atoms with Crippen LogP contribution < -0.4 is 5.32 Å². The quantitative estimate of drug-likeness (QED) is 0.899. The maximum atomic E-state index is 12.3. The molecule has 0 aliphatic carbocycles. The molecule has 4 nitrogen and oxygen atoms in total. The predicted octanol–water partition coefficient (Wildman–Crippen LogP) is 3.71. The highest BCUT2D eigenvalue weighted by Gasteiger charge is 2.13. The molecule has 0 bridgehead atoms. The van der Waals surface area contributed by atoms with Gasteiger partial charge in [-0.15, -0.1) is 11.3 Å². The number of thiazole rings is 1. The number of carbonyl (C=O) groups is 1. The maximum absolute atomic E-state index is 12.3. The molecule has 0 aliphatic heterocycles. The highest BCUT2D eigenvalue weighted by atomic mass is 32.1. The lowest BCUT2D eigenvalue weighted by atomic mass is 10.2. The van der Waals surface area contributed by atoms with Crippen LogP contribution in [-0.4, -0.2) is 22.6 Å². The zero-order valence-electron chi connectivity index (χ0n) is 9.64. The number of hydrogen-bond acceptors (Lipinski definition) is 3. The van der Waals surface area contributed by atoms with Crippen molar-refractivity contribution >= 4 is 23.1 Å². The largest absolute Gasteiger partial charge is 0.465 e. The normalized spacial score (nSPS) is 10.7. The van der Waals surface area contributed by atoms with Crippen LogP contribution in [0.5, 0.6) is 0 Å². The molecule has 0 radical (unpaired) electrons. The van der Waals surface area contributed by atoms with Gasteiger partial charge in [0.2, 0.25) is 6.43 Å². The Morgan fingerprint density at radius 3 is 2.84 bits per heavy atom. The van der Waals surface area contributed by atoms with Gasteiger partial charge in [0.25, 0.3) is 0 Å². The van der Waals surface area contributed by atoms with Gasteiger partial charge in [0.15, 0.2) is 0 Å². The number of amides is 1. The summed E-state index contributed by atoms with van der Waals surface area (Å²) < 4.78 is 24.5. The summed E-state index contributed by atoms with van der Waals surface area (Å²) in [5.74, 6) is 0. The third-order valence-corrected chi connectivity index (χ3v) is 3.24. The molecule has 0 atom stereocenters.